The molecule has 0 aliphatic carbocycles. The molecular formula is C23H30N4O3. The number of carbonyl (C=O) groups excluding carboxylic acids is 2. The largest absolute Gasteiger partial charge is 0.494 e. The number of guanidine groups is 1. The van der Waals surface area contributed by atoms with Gasteiger partial charge in [0, 0.05) is 31.8 Å². The van der Waals surface area contributed by atoms with Crippen LogP contribution in [0.25, 0.3) is 0 Å². The van der Waals surface area contributed by atoms with Crippen molar-refractivity contribution in [2.75, 3.05) is 13.7 Å². The number of hydrogen-bond donors (Lipinski definition) is 1. The van der Waals surface area contributed by atoms with Crippen molar-refractivity contribution in [2.45, 2.75) is 52.1 Å². The van der Waals surface area contributed by atoms with Gasteiger partial charge in [-0.1, -0.05) is 32.4 Å². The smallest absolute Gasteiger partial charge is 0.266 e. The summed E-state index contributed by atoms with van der Waals surface area (Å²) in [5.74, 6) is 0.585. The van der Waals surface area contributed by atoms with E-state index in [9.17, 15) is 9.59 Å². The number of carbonyl (C=O) groups is 2. The van der Waals surface area contributed by atoms with Crippen molar-refractivity contribution in [3.8, 4) is 5.75 Å². The first kappa shape index (κ1) is 21.6. The van der Waals surface area contributed by atoms with Gasteiger partial charge in [-0.05, 0) is 37.1 Å². The van der Waals surface area contributed by atoms with Crippen molar-refractivity contribution in [1.29, 1.82) is 0 Å². The second-order valence-corrected chi connectivity index (χ2v) is 7.45. The first-order valence-corrected chi connectivity index (χ1v) is 10.5. The number of rotatable bonds is 9. The van der Waals surface area contributed by atoms with Crippen LogP contribution >= 0.6 is 0 Å². The zero-order valence-electron chi connectivity index (χ0n) is 18.1. The molecule has 1 aliphatic rings. The molecule has 0 saturated carbocycles. The van der Waals surface area contributed by atoms with Gasteiger partial charge in [0.25, 0.3) is 5.91 Å². The van der Waals surface area contributed by atoms with Crippen LogP contribution < -0.4 is 10.5 Å². The van der Waals surface area contributed by atoms with E-state index in [1.54, 1.807) is 13.1 Å². The Hall–Kier alpha value is -3.09. The number of ether oxygens (including phenoxy) is 1. The lowest BCUT2D eigenvalue weighted by Crippen LogP contribution is -2.41. The maximum absolute atomic E-state index is 13.5. The standard InChI is InChI=1S/C23H30N4O3/c1-5-8-12-30-18-11-9-10-16(13-18)23(21(29)26(4)22(24)25-23)17-14-19(20(28)6-2)27(7-3)15-17/h9-11,13-15H,5-8,12H2,1-4H3,(H2,24,25). The number of ketones is 1. The predicted molar refractivity (Wildman–Crippen MR) is 117 cm³/mol. The zero-order chi connectivity index (χ0) is 21.9. The van der Waals surface area contributed by atoms with Gasteiger partial charge in [-0.2, -0.15) is 0 Å². The molecule has 0 radical (unpaired) electrons. The minimum Gasteiger partial charge on any atom is -0.494 e. The minimum atomic E-state index is -1.34. The van der Waals surface area contributed by atoms with Gasteiger partial charge < -0.3 is 15.0 Å². The van der Waals surface area contributed by atoms with Gasteiger partial charge in [-0.25, -0.2) is 4.99 Å². The first-order chi connectivity index (χ1) is 14.4. The third kappa shape index (κ3) is 3.60. The summed E-state index contributed by atoms with van der Waals surface area (Å²) in [4.78, 5) is 31.9. The fourth-order valence-corrected chi connectivity index (χ4v) is 3.72. The van der Waals surface area contributed by atoms with Crippen LogP contribution in [0.3, 0.4) is 0 Å². The molecule has 1 aromatic heterocycles. The number of unbranched alkanes of at least 4 members (excludes halogenated alkanes) is 1. The van der Waals surface area contributed by atoms with Crippen molar-refractivity contribution in [3.05, 3.63) is 53.3 Å². The molecule has 2 aromatic rings. The van der Waals surface area contributed by atoms with Gasteiger partial charge in [0.2, 0.25) is 0 Å². The number of aryl methyl sites for hydroxylation is 1. The molecule has 7 heteroatoms. The number of Topliss-reactive ketones (excluding diaryl/α,β-unsaturated/α-hetero) is 1. The second kappa shape index (κ2) is 8.73. The third-order valence-electron chi connectivity index (χ3n) is 5.52. The molecule has 0 saturated heterocycles. The Morgan fingerprint density at radius 1 is 1.20 bits per heavy atom. The predicted octanol–water partition coefficient (Wildman–Crippen LogP) is 3.31. The summed E-state index contributed by atoms with van der Waals surface area (Å²) in [6, 6.07) is 9.18. The van der Waals surface area contributed by atoms with E-state index in [1.807, 2.05) is 48.9 Å². The Balaban J connectivity index is 2.16. The van der Waals surface area contributed by atoms with Crippen LogP contribution in [0, 0.1) is 0 Å². The van der Waals surface area contributed by atoms with Gasteiger partial charge >= 0.3 is 0 Å². The number of aliphatic imine (C=N–C) groups is 1. The van der Waals surface area contributed by atoms with Gasteiger partial charge in [-0.15, -0.1) is 0 Å². The topological polar surface area (TPSA) is 89.9 Å². The highest BCUT2D eigenvalue weighted by molar-refractivity contribution is 6.09. The SMILES string of the molecule is CCCCOc1cccc(C2(c3cc(C(=O)CC)n(CC)c3)N=C(N)N(C)C2=O)c1. The summed E-state index contributed by atoms with van der Waals surface area (Å²) in [5.41, 5.74) is 6.59. The van der Waals surface area contributed by atoms with Crippen LogP contribution in [0.15, 0.2) is 41.5 Å². The molecule has 1 amide bonds. The molecule has 30 heavy (non-hydrogen) atoms. The minimum absolute atomic E-state index is 0.0191. The van der Waals surface area contributed by atoms with E-state index in [1.165, 1.54) is 4.90 Å². The van der Waals surface area contributed by atoms with Crippen molar-refractivity contribution in [3.63, 3.8) is 0 Å². The molecule has 7 nitrogen and oxygen atoms in total. The van der Waals surface area contributed by atoms with Crippen molar-refractivity contribution in [2.24, 2.45) is 10.7 Å². The fraction of sp³-hybridized carbons (Fsp3) is 0.435. The molecule has 3 rings (SSSR count). The average Bonchev–Trinajstić information content (AvgIpc) is 3.29. The molecule has 2 N–H and O–H groups in total. The molecule has 160 valence electrons. The van der Waals surface area contributed by atoms with Crippen LogP contribution in [0.4, 0.5) is 0 Å². The average molecular weight is 411 g/mol. The van der Waals surface area contributed by atoms with Crippen molar-refractivity contribution < 1.29 is 14.3 Å². The number of hydrogen-bond acceptors (Lipinski definition) is 5. The fourth-order valence-electron chi connectivity index (χ4n) is 3.72. The van der Waals surface area contributed by atoms with E-state index < -0.39 is 5.54 Å². The Labute approximate surface area is 177 Å². The highest BCUT2D eigenvalue weighted by atomic mass is 16.5. The number of aromatic nitrogens is 1. The molecule has 1 unspecified atom stereocenters. The lowest BCUT2D eigenvalue weighted by Gasteiger charge is -2.25. The van der Waals surface area contributed by atoms with Crippen LogP contribution in [0.1, 0.15) is 61.6 Å². The summed E-state index contributed by atoms with van der Waals surface area (Å²) >= 11 is 0. The molecule has 0 fully saturated rings. The summed E-state index contributed by atoms with van der Waals surface area (Å²) in [5, 5.41) is 0. The van der Waals surface area contributed by atoms with Crippen LogP contribution in [0.2, 0.25) is 0 Å². The number of amides is 1. The number of nitrogens with zero attached hydrogens (tertiary/aromatic N) is 3. The Kier molecular flexibility index (Phi) is 6.29. The van der Waals surface area contributed by atoms with Gasteiger partial charge in [0.15, 0.2) is 17.3 Å². The van der Waals surface area contributed by atoms with Gasteiger partial charge in [0.05, 0.1) is 12.3 Å². The molecular weight excluding hydrogens is 380 g/mol. The van der Waals surface area contributed by atoms with E-state index in [0.717, 1.165) is 12.8 Å². The van der Waals surface area contributed by atoms with Crippen LogP contribution in [0.5, 0.6) is 5.75 Å². The zero-order valence-corrected chi connectivity index (χ0v) is 18.1. The van der Waals surface area contributed by atoms with Crippen molar-refractivity contribution >= 4 is 17.6 Å². The van der Waals surface area contributed by atoms with Crippen LogP contribution in [-0.2, 0) is 16.9 Å². The highest BCUT2D eigenvalue weighted by Crippen LogP contribution is 2.41. The second-order valence-electron chi connectivity index (χ2n) is 7.45. The van der Waals surface area contributed by atoms with Gasteiger partial charge in [0.1, 0.15) is 5.75 Å². The molecule has 1 aliphatic heterocycles. The first-order valence-electron chi connectivity index (χ1n) is 10.5. The summed E-state index contributed by atoms with van der Waals surface area (Å²) in [6.07, 6.45) is 4.20. The maximum Gasteiger partial charge on any atom is 0.266 e. The highest BCUT2D eigenvalue weighted by Gasteiger charge is 2.50. The number of benzene rings is 1. The van der Waals surface area contributed by atoms with Crippen molar-refractivity contribution in [1.82, 2.24) is 9.47 Å². The maximum atomic E-state index is 13.5. The Morgan fingerprint density at radius 3 is 2.57 bits per heavy atom. The molecule has 2 heterocycles. The van der Waals surface area contributed by atoms with E-state index >= 15 is 0 Å². The van der Waals surface area contributed by atoms with E-state index in [4.69, 9.17) is 10.5 Å². The number of nitrogens with two attached hydrogens (primary N) is 1. The summed E-state index contributed by atoms with van der Waals surface area (Å²) in [7, 11) is 1.61. The van der Waals surface area contributed by atoms with E-state index in [0.29, 0.717) is 42.1 Å². The van der Waals surface area contributed by atoms with E-state index in [2.05, 4.69) is 11.9 Å². The summed E-state index contributed by atoms with van der Waals surface area (Å²) < 4.78 is 7.72. The molecule has 1 aromatic carbocycles. The Bertz CT molecular complexity index is 979. The quantitative estimate of drug-likeness (QED) is 0.507. The number of likely N-dealkylation sites (N-methyl/N-ethyl adjacent to an activating group) is 1. The molecule has 1 atom stereocenters. The van der Waals surface area contributed by atoms with E-state index in [-0.39, 0.29) is 17.6 Å². The normalized spacial score (nSPS) is 18.6. The third-order valence-corrected chi connectivity index (χ3v) is 5.52. The lowest BCUT2D eigenvalue weighted by atomic mass is 9.84. The van der Waals surface area contributed by atoms with Crippen LogP contribution in [-0.4, -0.2) is 40.8 Å². The van der Waals surface area contributed by atoms with Gasteiger partial charge in [-0.3, -0.25) is 14.5 Å². The molecule has 0 bridgehead atoms. The molecule has 0 spiro atoms. The Morgan fingerprint density at radius 2 is 1.97 bits per heavy atom. The lowest BCUT2D eigenvalue weighted by molar-refractivity contribution is -0.129. The summed E-state index contributed by atoms with van der Waals surface area (Å²) in [6.45, 7) is 7.11. The monoisotopic (exact) mass is 410 g/mol.